The summed E-state index contributed by atoms with van der Waals surface area (Å²) in [7, 11) is -1.48. The summed E-state index contributed by atoms with van der Waals surface area (Å²) in [6, 6.07) is 0. The third-order valence-electron chi connectivity index (χ3n) is 2.55. The zero-order valence-corrected chi connectivity index (χ0v) is 10.2. The molecule has 0 saturated heterocycles. The van der Waals surface area contributed by atoms with E-state index in [1.165, 1.54) is 25.7 Å². The molecule has 0 aromatic rings. The molecule has 3 heteroatoms. The van der Waals surface area contributed by atoms with E-state index in [2.05, 4.69) is 13.0 Å². The molecule has 0 nitrogen and oxygen atoms in total. The minimum atomic E-state index is -1.48. The van der Waals surface area contributed by atoms with Crippen molar-refractivity contribution in [1.29, 1.82) is 0 Å². The molecule has 1 aliphatic rings. The Labute approximate surface area is 86.0 Å². The summed E-state index contributed by atoms with van der Waals surface area (Å²) in [5.41, 5.74) is 2.08. The van der Waals surface area contributed by atoms with Crippen LogP contribution in [0.25, 0.3) is 0 Å². The zero-order valence-electron chi connectivity index (χ0n) is 7.52. The zero-order chi connectivity index (χ0) is 8.97. The molecule has 1 aliphatic carbocycles. The predicted octanol–water partition coefficient (Wildman–Crippen LogP) is 3.97. The van der Waals surface area contributed by atoms with Gasteiger partial charge in [0.2, 0.25) is 7.42 Å². The highest BCUT2D eigenvalue weighted by Gasteiger charge is 2.22. The van der Waals surface area contributed by atoms with Gasteiger partial charge in [0.15, 0.2) is 0 Å². The van der Waals surface area contributed by atoms with Crippen LogP contribution in [0.1, 0.15) is 39.0 Å². The summed E-state index contributed by atoms with van der Waals surface area (Å²) < 4.78 is 0. The molecule has 0 amide bonds. The van der Waals surface area contributed by atoms with Gasteiger partial charge in [0.05, 0.1) is 0 Å². The molecule has 1 rings (SSSR count). The quantitative estimate of drug-likeness (QED) is 0.386. The third kappa shape index (κ3) is 2.79. The van der Waals surface area contributed by atoms with Crippen LogP contribution in [0.2, 0.25) is 5.54 Å². The first-order valence-corrected chi connectivity index (χ1v) is 8.88. The van der Waals surface area contributed by atoms with Crippen molar-refractivity contribution in [2.75, 3.05) is 0 Å². The molecule has 1 atom stereocenters. The van der Waals surface area contributed by atoms with Gasteiger partial charge in [-0.2, -0.15) is 0 Å². The van der Waals surface area contributed by atoms with Crippen LogP contribution in [0, 0.1) is 0 Å². The lowest BCUT2D eigenvalue weighted by Gasteiger charge is -2.21. The SMILES string of the molecule is CCC(C1=CCCCC1)[SiH](Cl)Cl. The first-order chi connectivity index (χ1) is 5.75. The largest absolute Gasteiger partial charge is 0.243 e. The fourth-order valence-corrected chi connectivity index (χ4v) is 4.82. The van der Waals surface area contributed by atoms with E-state index in [9.17, 15) is 0 Å². The highest BCUT2D eigenvalue weighted by Crippen LogP contribution is 2.35. The molecule has 0 heterocycles. The predicted molar refractivity (Wildman–Crippen MR) is 59.4 cm³/mol. The Morgan fingerprint density at radius 1 is 1.50 bits per heavy atom. The van der Waals surface area contributed by atoms with Crippen molar-refractivity contribution in [3.05, 3.63) is 11.6 Å². The van der Waals surface area contributed by atoms with Crippen molar-refractivity contribution in [1.82, 2.24) is 0 Å². The van der Waals surface area contributed by atoms with Gasteiger partial charge in [-0.25, -0.2) is 0 Å². The summed E-state index contributed by atoms with van der Waals surface area (Å²) in [6.45, 7) is 2.19. The van der Waals surface area contributed by atoms with Gasteiger partial charge in [-0.3, -0.25) is 0 Å². The highest BCUT2D eigenvalue weighted by molar-refractivity contribution is 7.34. The molecule has 0 spiro atoms. The van der Waals surface area contributed by atoms with Crippen LogP contribution in [0.4, 0.5) is 0 Å². The molecular weight excluding hydrogens is 207 g/mol. The summed E-state index contributed by atoms with van der Waals surface area (Å²) in [4.78, 5) is 0. The first kappa shape index (κ1) is 10.6. The Bertz CT molecular complexity index is 166. The highest BCUT2D eigenvalue weighted by atomic mass is 35.7. The lowest BCUT2D eigenvalue weighted by Crippen LogP contribution is -2.11. The van der Waals surface area contributed by atoms with Gasteiger partial charge >= 0.3 is 0 Å². The second-order valence-electron chi connectivity index (χ2n) is 3.37. The maximum Gasteiger partial charge on any atom is 0.243 e. The van der Waals surface area contributed by atoms with Crippen molar-refractivity contribution >= 4 is 29.6 Å². The average molecular weight is 223 g/mol. The first-order valence-electron chi connectivity index (χ1n) is 4.72. The molecule has 1 unspecified atom stereocenters. The topological polar surface area (TPSA) is 0 Å². The molecule has 0 bridgehead atoms. The van der Waals surface area contributed by atoms with Crippen LogP contribution in [0.5, 0.6) is 0 Å². The van der Waals surface area contributed by atoms with Gasteiger partial charge in [-0.15, -0.1) is 22.2 Å². The third-order valence-corrected chi connectivity index (χ3v) is 5.88. The lowest BCUT2D eigenvalue weighted by atomic mass is 9.96. The monoisotopic (exact) mass is 222 g/mol. The van der Waals surface area contributed by atoms with Gasteiger partial charge in [-0.05, 0) is 37.6 Å². The van der Waals surface area contributed by atoms with E-state index in [4.69, 9.17) is 22.2 Å². The minimum absolute atomic E-state index is 0.536. The van der Waals surface area contributed by atoms with Gasteiger partial charge in [0.1, 0.15) is 0 Å². The van der Waals surface area contributed by atoms with E-state index in [0.717, 1.165) is 6.42 Å². The van der Waals surface area contributed by atoms with Gasteiger partial charge in [-0.1, -0.05) is 18.6 Å². The maximum atomic E-state index is 6.04. The van der Waals surface area contributed by atoms with Crippen molar-refractivity contribution in [3.63, 3.8) is 0 Å². The van der Waals surface area contributed by atoms with E-state index in [-0.39, 0.29) is 0 Å². The maximum absolute atomic E-state index is 6.04. The number of hydrogen-bond donors (Lipinski definition) is 0. The van der Waals surface area contributed by atoms with E-state index in [0.29, 0.717) is 5.54 Å². The molecule has 0 radical (unpaired) electrons. The van der Waals surface area contributed by atoms with Crippen LogP contribution >= 0.6 is 22.2 Å². The Kier molecular flexibility index (Phi) is 4.69. The summed E-state index contributed by atoms with van der Waals surface area (Å²) in [5.74, 6) is 0. The molecule has 0 saturated carbocycles. The van der Waals surface area contributed by atoms with Crippen LogP contribution in [0.15, 0.2) is 11.6 Å². The number of halogens is 2. The number of allylic oxidation sites excluding steroid dienone is 2. The average Bonchev–Trinajstić information content (AvgIpc) is 2.07. The van der Waals surface area contributed by atoms with Crippen LogP contribution in [-0.2, 0) is 0 Å². The van der Waals surface area contributed by atoms with Gasteiger partial charge < -0.3 is 0 Å². The standard InChI is InChI=1S/C9H16Cl2Si/c1-2-9(12(10)11)8-6-4-3-5-7-8/h6,9,12H,2-5,7H2,1H3. The fourth-order valence-electron chi connectivity index (χ4n) is 1.80. The smallest absolute Gasteiger partial charge is 0.150 e. The van der Waals surface area contributed by atoms with Crippen LogP contribution in [0.3, 0.4) is 0 Å². The van der Waals surface area contributed by atoms with Crippen molar-refractivity contribution in [2.24, 2.45) is 0 Å². The molecule has 0 aromatic carbocycles. The molecule has 0 fully saturated rings. The van der Waals surface area contributed by atoms with E-state index < -0.39 is 7.42 Å². The number of rotatable bonds is 3. The molecular formula is C9H16Cl2Si. The van der Waals surface area contributed by atoms with Crippen molar-refractivity contribution in [2.45, 2.75) is 44.6 Å². The second kappa shape index (κ2) is 5.31. The van der Waals surface area contributed by atoms with Crippen LogP contribution in [-0.4, -0.2) is 7.42 Å². The molecule has 0 aromatic heterocycles. The van der Waals surface area contributed by atoms with E-state index in [1.807, 2.05) is 0 Å². The Balaban J connectivity index is 2.57. The van der Waals surface area contributed by atoms with E-state index >= 15 is 0 Å². The van der Waals surface area contributed by atoms with Gasteiger partial charge in [0.25, 0.3) is 0 Å². The summed E-state index contributed by atoms with van der Waals surface area (Å²) in [6.07, 6.45) is 8.63. The second-order valence-corrected chi connectivity index (χ2v) is 8.34. The summed E-state index contributed by atoms with van der Waals surface area (Å²) in [5, 5.41) is 0. The number of hydrogen-bond acceptors (Lipinski definition) is 0. The van der Waals surface area contributed by atoms with Gasteiger partial charge in [0, 0.05) is 0 Å². The van der Waals surface area contributed by atoms with Crippen molar-refractivity contribution < 1.29 is 0 Å². The Morgan fingerprint density at radius 3 is 2.67 bits per heavy atom. The molecule has 0 N–H and O–H groups in total. The summed E-state index contributed by atoms with van der Waals surface area (Å²) >= 11 is 12.1. The normalized spacial score (nSPS) is 20.8. The lowest BCUT2D eigenvalue weighted by molar-refractivity contribution is 0.668. The fraction of sp³-hybridized carbons (Fsp3) is 0.778. The minimum Gasteiger partial charge on any atom is -0.150 e. The Hall–Kier alpha value is 0.537. The molecule has 70 valence electrons. The van der Waals surface area contributed by atoms with Crippen LogP contribution < -0.4 is 0 Å². The van der Waals surface area contributed by atoms with Crippen molar-refractivity contribution in [3.8, 4) is 0 Å². The molecule has 0 aliphatic heterocycles. The molecule has 12 heavy (non-hydrogen) atoms. The van der Waals surface area contributed by atoms with E-state index in [1.54, 1.807) is 5.57 Å². The Morgan fingerprint density at radius 2 is 2.25 bits per heavy atom.